The van der Waals surface area contributed by atoms with Gasteiger partial charge in [-0.15, -0.1) is 0 Å². The Bertz CT molecular complexity index is 432. The Morgan fingerprint density at radius 1 is 1.47 bits per heavy atom. The number of aliphatic hydroxyl groups is 1. The van der Waals surface area contributed by atoms with E-state index in [-0.39, 0.29) is 17.7 Å². The van der Waals surface area contributed by atoms with Gasteiger partial charge >= 0.3 is 0 Å². The van der Waals surface area contributed by atoms with Crippen LogP contribution in [0.3, 0.4) is 0 Å². The van der Waals surface area contributed by atoms with Crippen LogP contribution in [0.15, 0.2) is 24.3 Å². The molecule has 1 heterocycles. The van der Waals surface area contributed by atoms with Gasteiger partial charge in [-0.05, 0) is 24.8 Å². The molecule has 0 saturated carbocycles. The van der Waals surface area contributed by atoms with E-state index < -0.39 is 11.0 Å². The van der Waals surface area contributed by atoms with Crippen molar-refractivity contribution in [3.63, 3.8) is 0 Å². The Balaban J connectivity index is 1.98. The molecule has 19 heavy (non-hydrogen) atoms. The first-order valence-corrected chi connectivity index (χ1v) is 6.64. The van der Waals surface area contributed by atoms with E-state index in [2.05, 4.69) is 6.92 Å². The molecule has 0 spiro atoms. The van der Waals surface area contributed by atoms with Gasteiger partial charge < -0.3 is 9.84 Å². The number of benzene rings is 1. The highest BCUT2D eigenvalue weighted by molar-refractivity contribution is 5.33. The number of nitro groups is 1. The maximum absolute atomic E-state index is 10.6. The van der Waals surface area contributed by atoms with E-state index in [1.165, 1.54) is 12.1 Å². The summed E-state index contributed by atoms with van der Waals surface area (Å²) in [6.07, 6.45) is 1.99. The molecule has 1 aromatic carbocycles. The molecule has 5 heteroatoms. The molecule has 5 nitrogen and oxygen atoms in total. The van der Waals surface area contributed by atoms with Crippen molar-refractivity contribution in [1.82, 2.24) is 0 Å². The van der Waals surface area contributed by atoms with E-state index in [0.717, 1.165) is 18.4 Å². The highest BCUT2D eigenvalue weighted by Gasteiger charge is 2.32. The summed E-state index contributed by atoms with van der Waals surface area (Å²) in [5, 5.41) is 20.8. The molecule has 3 unspecified atom stereocenters. The Hall–Kier alpha value is -1.46. The minimum Gasteiger partial charge on any atom is -0.392 e. The molecule has 0 aromatic heterocycles. The Morgan fingerprint density at radius 2 is 2.16 bits per heavy atom. The first-order valence-electron chi connectivity index (χ1n) is 6.64. The Kier molecular flexibility index (Phi) is 4.50. The number of rotatable bonds is 5. The summed E-state index contributed by atoms with van der Waals surface area (Å²) in [7, 11) is 0. The highest BCUT2D eigenvalue weighted by Crippen LogP contribution is 2.28. The van der Waals surface area contributed by atoms with Gasteiger partial charge in [0, 0.05) is 24.7 Å². The normalized spacial score (nSPS) is 24.3. The van der Waals surface area contributed by atoms with Crippen molar-refractivity contribution in [2.45, 2.75) is 38.4 Å². The lowest BCUT2D eigenvalue weighted by Crippen LogP contribution is -2.29. The van der Waals surface area contributed by atoms with Crippen molar-refractivity contribution in [3.05, 3.63) is 39.9 Å². The van der Waals surface area contributed by atoms with Gasteiger partial charge in [0.2, 0.25) is 0 Å². The van der Waals surface area contributed by atoms with Crippen LogP contribution < -0.4 is 0 Å². The summed E-state index contributed by atoms with van der Waals surface area (Å²) in [6, 6.07) is 6.37. The van der Waals surface area contributed by atoms with Crippen LogP contribution >= 0.6 is 0 Å². The molecule has 1 aromatic rings. The van der Waals surface area contributed by atoms with Crippen LogP contribution in [0.4, 0.5) is 5.69 Å². The molecule has 2 rings (SSSR count). The monoisotopic (exact) mass is 265 g/mol. The third kappa shape index (κ3) is 3.30. The first-order chi connectivity index (χ1) is 9.11. The number of ether oxygens (including phenoxy) is 1. The predicted octanol–water partition coefficient (Wildman–Crippen LogP) is 2.31. The lowest BCUT2D eigenvalue weighted by atomic mass is 9.89. The second-order valence-corrected chi connectivity index (χ2v) is 4.97. The smallest absolute Gasteiger partial charge is 0.269 e. The average molecular weight is 265 g/mol. The largest absolute Gasteiger partial charge is 0.392 e. The fraction of sp³-hybridized carbons (Fsp3) is 0.571. The van der Waals surface area contributed by atoms with Gasteiger partial charge in [-0.2, -0.15) is 0 Å². The second kappa shape index (κ2) is 6.12. The summed E-state index contributed by atoms with van der Waals surface area (Å²) in [5.74, 6) is 0.167. The van der Waals surface area contributed by atoms with Crippen LogP contribution in [0.1, 0.15) is 25.3 Å². The van der Waals surface area contributed by atoms with Crippen molar-refractivity contribution in [3.8, 4) is 0 Å². The lowest BCUT2D eigenvalue weighted by molar-refractivity contribution is -0.384. The van der Waals surface area contributed by atoms with E-state index in [1.54, 1.807) is 12.1 Å². The molecule has 1 saturated heterocycles. The minimum absolute atomic E-state index is 0.0777. The fourth-order valence-corrected chi connectivity index (χ4v) is 2.67. The van der Waals surface area contributed by atoms with Crippen LogP contribution in [0, 0.1) is 16.0 Å². The third-order valence-corrected chi connectivity index (χ3v) is 3.75. The zero-order valence-corrected chi connectivity index (χ0v) is 11.0. The number of aliphatic hydroxyl groups excluding tert-OH is 1. The van der Waals surface area contributed by atoms with E-state index in [4.69, 9.17) is 4.74 Å². The van der Waals surface area contributed by atoms with E-state index >= 15 is 0 Å². The zero-order valence-electron chi connectivity index (χ0n) is 11.0. The third-order valence-electron chi connectivity index (χ3n) is 3.75. The van der Waals surface area contributed by atoms with Crippen LogP contribution in [0.25, 0.3) is 0 Å². The minimum atomic E-state index is -0.450. The van der Waals surface area contributed by atoms with Crippen molar-refractivity contribution >= 4 is 5.69 Å². The van der Waals surface area contributed by atoms with Crippen molar-refractivity contribution in [2.24, 2.45) is 5.92 Å². The highest BCUT2D eigenvalue weighted by atomic mass is 16.6. The molecule has 1 aliphatic rings. The van der Waals surface area contributed by atoms with Gasteiger partial charge in [-0.3, -0.25) is 10.1 Å². The number of nitro benzene ring substituents is 1. The van der Waals surface area contributed by atoms with E-state index in [9.17, 15) is 15.2 Å². The van der Waals surface area contributed by atoms with Gasteiger partial charge in [0.05, 0.1) is 17.1 Å². The van der Waals surface area contributed by atoms with E-state index in [0.29, 0.717) is 13.0 Å². The maximum atomic E-state index is 10.6. The first kappa shape index (κ1) is 14.0. The Labute approximate surface area is 112 Å². The molecule has 1 N–H and O–H groups in total. The quantitative estimate of drug-likeness (QED) is 0.655. The molecule has 3 atom stereocenters. The van der Waals surface area contributed by atoms with Gasteiger partial charge in [-0.1, -0.05) is 19.1 Å². The molecule has 104 valence electrons. The summed E-state index contributed by atoms with van der Waals surface area (Å²) < 4.78 is 5.57. The van der Waals surface area contributed by atoms with Crippen LogP contribution in [0.5, 0.6) is 0 Å². The molecular formula is C14H19NO4. The molecule has 0 amide bonds. The number of hydrogen-bond donors (Lipinski definition) is 1. The average Bonchev–Trinajstić information content (AvgIpc) is 2.87. The fourth-order valence-electron chi connectivity index (χ4n) is 2.67. The number of nitrogens with zero attached hydrogens (tertiary/aromatic N) is 1. The van der Waals surface area contributed by atoms with Crippen LogP contribution in [-0.2, 0) is 11.2 Å². The van der Waals surface area contributed by atoms with Gasteiger partial charge in [-0.25, -0.2) is 0 Å². The standard InChI is InChI=1S/C14H19NO4/c1-2-14-12(7-8-19-14)13(16)9-10-3-5-11(6-4-10)15(17)18/h3-6,12-14,16H,2,7-9H2,1H3. The number of hydrogen-bond acceptors (Lipinski definition) is 4. The number of non-ortho nitro benzene ring substituents is 1. The molecule has 1 aliphatic heterocycles. The second-order valence-electron chi connectivity index (χ2n) is 4.97. The van der Waals surface area contributed by atoms with Gasteiger partial charge in [0.1, 0.15) is 0 Å². The van der Waals surface area contributed by atoms with E-state index in [1.807, 2.05) is 0 Å². The summed E-state index contributed by atoms with van der Waals surface area (Å²) >= 11 is 0. The van der Waals surface area contributed by atoms with Crippen molar-refractivity contribution in [1.29, 1.82) is 0 Å². The van der Waals surface area contributed by atoms with Crippen molar-refractivity contribution in [2.75, 3.05) is 6.61 Å². The van der Waals surface area contributed by atoms with Gasteiger partial charge in [0.25, 0.3) is 5.69 Å². The SMILES string of the molecule is CCC1OCCC1C(O)Cc1ccc([N+](=O)[O-])cc1. The summed E-state index contributed by atoms with van der Waals surface area (Å²) in [4.78, 5) is 10.1. The predicted molar refractivity (Wildman–Crippen MR) is 70.9 cm³/mol. The molecule has 0 bridgehead atoms. The summed E-state index contributed by atoms with van der Waals surface area (Å²) in [5.41, 5.74) is 0.994. The molecule has 1 fully saturated rings. The van der Waals surface area contributed by atoms with Crippen molar-refractivity contribution < 1.29 is 14.8 Å². The summed E-state index contributed by atoms with van der Waals surface area (Å²) in [6.45, 7) is 2.77. The van der Waals surface area contributed by atoms with Gasteiger partial charge in [0.15, 0.2) is 0 Å². The maximum Gasteiger partial charge on any atom is 0.269 e. The molecular weight excluding hydrogens is 246 g/mol. The van der Waals surface area contributed by atoms with Crippen LogP contribution in [-0.4, -0.2) is 28.8 Å². The lowest BCUT2D eigenvalue weighted by Gasteiger charge is -2.22. The topological polar surface area (TPSA) is 72.6 Å². The Morgan fingerprint density at radius 3 is 2.74 bits per heavy atom. The zero-order chi connectivity index (χ0) is 13.8. The molecule has 0 aliphatic carbocycles. The van der Waals surface area contributed by atoms with Crippen LogP contribution in [0.2, 0.25) is 0 Å². The molecule has 0 radical (unpaired) electrons.